The van der Waals surface area contributed by atoms with Gasteiger partial charge in [0.05, 0.1) is 18.3 Å². The van der Waals surface area contributed by atoms with Crippen LogP contribution in [0, 0.1) is 5.92 Å². The molecule has 0 bridgehead atoms. The third-order valence-electron chi connectivity index (χ3n) is 6.80. The molecule has 1 N–H and O–H groups in total. The van der Waals surface area contributed by atoms with Crippen molar-refractivity contribution in [3.63, 3.8) is 0 Å². The second kappa shape index (κ2) is 8.67. The molecule has 1 saturated heterocycles. The van der Waals surface area contributed by atoms with Crippen molar-refractivity contribution in [3.05, 3.63) is 17.1 Å². The van der Waals surface area contributed by atoms with Crippen LogP contribution in [0.1, 0.15) is 81.4 Å². The maximum absolute atomic E-state index is 13.3. The zero-order chi connectivity index (χ0) is 20.4. The van der Waals surface area contributed by atoms with Crippen LogP contribution in [0.25, 0.3) is 0 Å². The minimum absolute atomic E-state index is 0.0265. The van der Waals surface area contributed by atoms with Crippen LogP contribution in [0.3, 0.4) is 0 Å². The molecule has 2 aliphatic heterocycles. The van der Waals surface area contributed by atoms with Gasteiger partial charge in [0.1, 0.15) is 5.82 Å². The first-order valence-electron chi connectivity index (χ1n) is 11.2. The number of anilines is 1. The Morgan fingerprint density at radius 2 is 1.76 bits per heavy atom. The highest BCUT2D eigenvalue weighted by atomic mass is 16.2. The fourth-order valence-electron chi connectivity index (χ4n) is 5.11. The van der Waals surface area contributed by atoms with E-state index < -0.39 is 0 Å². The number of nitrogens with zero attached hydrogens (tertiary/aromatic N) is 4. The number of piperidine rings is 1. The Morgan fingerprint density at radius 3 is 2.48 bits per heavy atom. The molecule has 0 aromatic carbocycles. The molecule has 158 valence electrons. The number of hydrogen-bond acceptors (Lipinski definition) is 5. The molecule has 1 saturated carbocycles. The van der Waals surface area contributed by atoms with Crippen LogP contribution in [0.5, 0.6) is 0 Å². The van der Waals surface area contributed by atoms with E-state index in [1.807, 2.05) is 11.9 Å². The second-order valence-electron chi connectivity index (χ2n) is 8.67. The molecule has 1 aliphatic carbocycles. The van der Waals surface area contributed by atoms with Crippen LogP contribution in [0.15, 0.2) is 0 Å². The molecule has 1 aromatic heterocycles. The van der Waals surface area contributed by atoms with Crippen molar-refractivity contribution in [1.29, 1.82) is 0 Å². The summed E-state index contributed by atoms with van der Waals surface area (Å²) in [5.74, 6) is 2.14. The highest BCUT2D eigenvalue weighted by Crippen LogP contribution is 2.35. The van der Waals surface area contributed by atoms with E-state index >= 15 is 0 Å². The molecule has 1 atom stereocenters. The highest BCUT2D eigenvalue weighted by Gasteiger charge is 2.35. The predicted octanol–water partition coefficient (Wildman–Crippen LogP) is 3.06. The van der Waals surface area contributed by atoms with Gasteiger partial charge in [0.2, 0.25) is 11.8 Å². The summed E-state index contributed by atoms with van der Waals surface area (Å²) >= 11 is 0. The van der Waals surface area contributed by atoms with Gasteiger partial charge >= 0.3 is 0 Å². The van der Waals surface area contributed by atoms with Crippen LogP contribution in [0.2, 0.25) is 0 Å². The average Bonchev–Trinajstić information content (AvgIpc) is 2.78. The Bertz CT molecular complexity index is 757. The molecule has 7 heteroatoms. The van der Waals surface area contributed by atoms with Gasteiger partial charge in [0, 0.05) is 45.0 Å². The number of carbonyl (C=O) groups is 2. The van der Waals surface area contributed by atoms with Crippen molar-refractivity contribution in [3.8, 4) is 0 Å². The highest BCUT2D eigenvalue weighted by molar-refractivity contribution is 5.79. The van der Waals surface area contributed by atoms with Crippen molar-refractivity contribution >= 4 is 17.6 Å². The normalized spacial score (nSPS) is 22.9. The number of amides is 2. The maximum Gasteiger partial charge on any atom is 0.226 e. The number of hydrogen-bond donors (Lipinski definition) is 1. The topological polar surface area (TPSA) is 78.4 Å². The Morgan fingerprint density at radius 1 is 1.00 bits per heavy atom. The van der Waals surface area contributed by atoms with Gasteiger partial charge in [0.15, 0.2) is 5.82 Å². The summed E-state index contributed by atoms with van der Waals surface area (Å²) in [6.07, 6.45) is 9.47. The monoisotopic (exact) mass is 399 g/mol. The van der Waals surface area contributed by atoms with E-state index in [1.54, 1.807) is 6.92 Å². The summed E-state index contributed by atoms with van der Waals surface area (Å²) in [6.45, 7) is 3.66. The predicted molar refractivity (Wildman–Crippen MR) is 111 cm³/mol. The lowest BCUT2D eigenvalue weighted by molar-refractivity contribution is -0.140. The van der Waals surface area contributed by atoms with E-state index in [4.69, 9.17) is 9.97 Å². The van der Waals surface area contributed by atoms with Crippen molar-refractivity contribution in [2.45, 2.75) is 77.3 Å². The van der Waals surface area contributed by atoms with E-state index in [1.165, 1.54) is 19.3 Å². The van der Waals surface area contributed by atoms with Gasteiger partial charge in [-0.3, -0.25) is 9.59 Å². The average molecular weight is 400 g/mol. The molecule has 0 radical (unpaired) electrons. The molecular weight excluding hydrogens is 366 g/mol. The number of rotatable bonds is 3. The van der Waals surface area contributed by atoms with E-state index in [0.717, 1.165) is 68.0 Å². The number of fused-ring (bicyclic) bond motifs is 1. The molecule has 4 rings (SSSR count). The van der Waals surface area contributed by atoms with Gasteiger partial charge in [-0.1, -0.05) is 19.3 Å². The largest absolute Gasteiger partial charge is 0.373 e. The van der Waals surface area contributed by atoms with E-state index in [9.17, 15) is 9.59 Å². The number of likely N-dealkylation sites (tertiary alicyclic amines) is 1. The molecule has 0 unspecified atom stereocenters. The summed E-state index contributed by atoms with van der Waals surface area (Å²) in [4.78, 5) is 38.8. The quantitative estimate of drug-likeness (QED) is 0.845. The van der Waals surface area contributed by atoms with Crippen LogP contribution in [-0.4, -0.2) is 51.7 Å². The maximum atomic E-state index is 13.3. The second-order valence-corrected chi connectivity index (χ2v) is 8.67. The van der Waals surface area contributed by atoms with Crippen molar-refractivity contribution in [1.82, 2.24) is 19.8 Å². The lowest BCUT2D eigenvalue weighted by atomic mass is 9.87. The summed E-state index contributed by atoms with van der Waals surface area (Å²) in [5.41, 5.74) is 2.03. The van der Waals surface area contributed by atoms with Crippen LogP contribution in [0.4, 0.5) is 5.82 Å². The zero-order valence-electron chi connectivity index (χ0n) is 17.7. The Labute approximate surface area is 173 Å². The summed E-state index contributed by atoms with van der Waals surface area (Å²) in [7, 11) is 1.87. The third-order valence-corrected chi connectivity index (χ3v) is 6.80. The van der Waals surface area contributed by atoms with Crippen LogP contribution < -0.4 is 5.32 Å². The van der Waals surface area contributed by atoms with Gasteiger partial charge in [0.25, 0.3) is 0 Å². The van der Waals surface area contributed by atoms with Gasteiger partial charge in [-0.15, -0.1) is 0 Å². The van der Waals surface area contributed by atoms with Gasteiger partial charge < -0.3 is 15.1 Å². The lowest BCUT2D eigenvalue weighted by Gasteiger charge is -2.38. The fraction of sp³-hybridized carbons (Fsp3) is 0.727. The molecule has 2 amide bonds. The van der Waals surface area contributed by atoms with Crippen LogP contribution >= 0.6 is 0 Å². The van der Waals surface area contributed by atoms with Crippen LogP contribution in [-0.2, 0) is 22.6 Å². The molecular formula is C22H33N5O2. The standard InChI is InChI=1S/C22H33N5O2/c1-15(28)26-13-11-18-17(14-26)20(23-2)25-21(24-18)19-10-6-7-12-27(19)22(29)16-8-4-3-5-9-16/h16,19H,3-14H2,1-2H3,(H,23,24,25)/t19-/m1/s1. The molecule has 1 aromatic rings. The van der Waals surface area contributed by atoms with E-state index in [2.05, 4.69) is 10.2 Å². The van der Waals surface area contributed by atoms with E-state index in [0.29, 0.717) is 19.0 Å². The number of nitrogens with one attached hydrogen (secondary N) is 1. The van der Waals surface area contributed by atoms with Crippen molar-refractivity contribution < 1.29 is 9.59 Å². The molecule has 3 aliphatic rings. The Balaban J connectivity index is 1.62. The summed E-state index contributed by atoms with van der Waals surface area (Å²) in [6, 6.07) is -0.0265. The Hall–Kier alpha value is -2.18. The molecule has 0 spiro atoms. The summed E-state index contributed by atoms with van der Waals surface area (Å²) in [5, 5.41) is 3.21. The molecule has 3 heterocycles. The first-order valence-corrected chi connectivity index (χ1v) is 11.2. The third kappa shape index (κ3) is 4.09. The van der Waals surface area contributed by atoms with E-state index in [-0.39, 0.29) is 17.9 Å². The van der Waals surface area contributed by atoms with Gasteiger partial charge in [-0.25, -0.2) is 9.97 Å². The summed E-state index contributed by atoms with van der Waals surface area (Å²) < 4.78 is 0. The SMILES string of the molecule is CNc1nc([C@H]2CCCCN2C(=O)C2CCCCC2)nc2c1CN(C(C)=O)CC2. The molecule has 7 nitrogen and oxygen atoms in total. The number of aromatic nitrogens is 2. The zero-order valence-corrected chi connectivity index (χ0v) is 17.7. The minimum atomic E-state index is -0.0265. The number of carbonyl (C=O) groups excluding carboxylic acids is 2. The first-order chi connectivity index (χ1) is 14.1. The fourth-order valence-corrected chi connectivity index (χ4v) is 5.11. The minimum Gasteiger partial charge on any atom is -0.373 e. The lowest BCUT2D eigenvalue weighted by Crippen LogP contribution is -2.43. The van der Waals surface area contributed by atoms with Gasteiger partial charge in [-0.05, 0) is 32.1 Å². The smallest absolute Gasteiger partial charge is 0.226 e. The first kappa shape index (κ1) is 20.1. The van der Waals surface area contributed by atoms with Crippen molar-refractivity contribution in [2.24, 2.45) is 5.92 Å². The van der Waals surface area contributed by atoms with Crippen molar-refractivity contribution in [2.75, 3.05) is 25.5 Å². The molecule has 2 fully saturated rings. The Kier molecular flexibility index (Phi) is 6.01. The molecule has 29 heavy (non-hydrogen) atoms. The van der Waals surface area contributed by atoms with Gasteiger partial charge in [-0.2, -0.15) is 0 Å².